The molecule has 0 atom stereocenters. The lowest BCUT2D eigenvalue weighted by Crippen LogP contribution is -2.39. The zero-order valence-corrected chi connectivity index (χ0v) is 14.1. The topological polar surface area (TPSA) is 44.7 Å². The molecule has 2 rings (SSSR count). The number of amides is 1. The first-order valence-electron chi connectivity index (χ1n) is 8.17. The van der Waals surface area contributed by atoms with Gasteiger partial charge in [0.25, 0.3) is 5.91 Å². The lowest BCUT2D eigenvalue weighted by Gasteiger charge is -2.30. The van der Waals surface area contributed by atoms with E-state index in [0.29, 0.717) is 17.5 Å². The summed E-state index contributed by atoms with van der Waals surface area (Å²) in [5.74, 6) is 0.345. The van der Waals surface area contributed by atoms with Gasteiger partial charge in [0.05, 0.1) is 0 Å². The van der Waals surface area contributed by atoms with E-state index in [0.717, 1.165) is 31.6 Å². The molecule has 0 aliphatic carbocycles. The summed E-state index contributed by atoms with van der Waals surface area (Å²) in [6.07, 6.45) is 1.87. The Morgan fingerprint density at radius 3 is 2.18 bits per heavy atom. The fourth-order valence-corrected chi connectivity index (χ4v) is 2.62. The minimum atomic E-state index is -0.130. The number of nitrogens with one attached hydrogen (secondary N) is 1. The predicted molar refractivity (Wildman–Crippen MR) is 91.4 cm³/mol. The Morgan fingerprint density at radius 1 is 1.09 bits per heavy atom. The van der Waals surface area contributed by atoms with Gasteiger partial charge in [-0.3, -0.25) is 4.79 Å². The van der Waals surface area contributed by atoms with E-state index in [1.165, 1.54) is 5.56 Å². The van der Waals surface area contributed by atoms with Gasteiger partial charge >= 0.3 is 0 Å². The molecule has 4 nitrogen and oxygen atoms in total. The first-order valence-corrected chi connectivity index (χ1v) is 8.17. The second kappa shape index (κ2) is 7.54. The maximum absolute atomic E-state index is 12.1. The molecule has 1 aliphatic heterocycles. The number of hydrazone groups is 1. The van der Waals surface area contributed by atoms with Crippen LogP contribution in [0.5, 0.6) is 0 Å². The third kappa shape index (κ3) is 4.41. The van der Waals surface area contributed by atoms with Crippen LogP contribution in [0.1, 0.15) is 62.4 Å². The van der Waals surface area contributed by atoms with Crippen molar-refractivity contribution in [2.45, 2.75) is 52.5 Å². The molecule has 1 aromatic carbocycles. The van der Waals surface area contributed by atoms with Gasteiger partial charge in [-0.05, 0) is 37.5 Å². The van der Waals surface area contributed by atoms with Crippen LogP contribution in [0.3, 0.4) is 0 Å². The van der Waals surface area contributed by atoms with Gasteiger partial charge < -0.3 is 4.90 Å². The minimum absolute atomic E-state index is 0.130. The van der Waals surface area contributed by atoms with E-state index in [9.17, 15) is 4.79 Å². The summed E-state index contributed by atoms with van der Waals surface area (Å²) in [7, 11) is 0. The Balaban J connectivity index is 1.88. The Hall–Kier alpha value is -1.68. The molecular weight excluding hydrogens is 274 g/mol. The van der Waals surface area contributed by atoms with E-state index in [1.807, 2.05) is 24.3 Å². The third-order valence-corrected chi connectivity index (χ3v) is 4.26. The standard InChI is InChI=1S/C18H27N3O/c1-13(2)15-5-7-16(8-6-15)18(22)20-19-17-9-11-21(12-10-17)14(3)4/h5-8,13-14H,9-12H2,1-4H3,(H,20,22). The number of rotatable bonds is 4. The lowest BCUT2D eigenvalue weighted by molar-refractivity contribution is 0.0954. The number of hydrogen-bond donors (Lipinski definition) is 1. The number of nitrogens with zero attached hydrogens (tertiary/aromatic N) is 2. The molecule has 1 amide bonds. The molecule has 22 heavy (non-hydrogen) atoms. The highest BCUT2D eigenvalue weighted by molar-refractivity contribution is 5.95. The van der Waals surface area contributed by atoms with E-state index in [4.69, 9.17) is 0 Å². The maximum Gasteiger partial charge on any atom is 0.271 e. The highest BCUT2D eigenvalue weighted by Gasteiger charge is 2.17. The summed E-state index contributed by atoms with van der Waals surface area (Å²) >= 11 is 0. The molecule has 1 aromatic rings. The largest absolute Gasteiger partial charge is 0.300 e. The van der Waals surface area contributed by atoms with E-state index in [1.54, 1.807) is 0 Å². The highest BCUT2D eigenvalue weighted by Crippen LogP contribution is 2.15. The Morgan fingerprint density at radius 2 is 1.68 bits per heavy atom. The summed E-state index contributed by atoms with van der Waals surface area (Å²) in [5.41, 5.74) is 5.68. The van der Waals surface area contributed by atoms with Crippen LogP contribution in [0, 0.1) is 0 Å². The Labute approximate surface area is 133 Å². The second-order valence-electron chi connectivity index (χ2n) is 6.53. The van der Waals surface area contributed by atoms with Crippen molar-refractivity contribution in [3.63, 3.8) is 0 Å². The molecule has 0 aromatic heterocycles. The van der Waals surface area contributed by atoms with Gasteiger partial charge in [-0.2, -0.15) is 5.10 Å². The molecule has 0 spiro atoms. The van der Waals surface area contributed by atoms with Crippen LogP contribution in [0.2, 0.25) is 0 Å². The minimum Gasteiger partial charge on any atom is -0.300 e. The summed E-state index contributed by atoms with van der Waals surface area (Å²) in [5, 5.41) is 4.30. The van der Waals surface area contributed by atoms with E-state index >= 15 is 0 Å². The van der Waals surface area contributed by atoms with Gasteiger partial charge in [0.1, 0.15) is 0 Å². The Bertz CT molecular complexity index is 522. The van der Waals surface area contributed by atoms with Crippen molar-refractivity contribution >= 4 is 11.6 Å². The normalized spacial score (nSPS) is 16.2. The van der Waals surface area contributed by atoms with Crippen LogP contribution in [0.4, 0.5) is 0 Å². The quantitative estimate of drug-likeness (QED) is 0.866. The second-order valence-corrected chi connectivity index (χ2v) is 6.53. The molecule has 0 radical (unpaired) electrons. The first kappa shape index (κ1) is 16.7. The van der Waals surface area contributed by atoms with Crippen LogP contribution in [-0.4, -0.2) is 35.7 Å². The summed E-state index contributed by atoms with van der Waals surface area (Å²) in [6.45, 7) is 10.8. The molecule has 4 heteroatoms. The van der Waals surface area contributed by atoms with Crippen molar-refractivity contribution in [2.75, 3.05) is 13.1 Å². The zero-order chi connectivity index (χ0) is 16.1. The van der Waals surface area contributed by atoms with Crippen molar-refractivity contribution in [3.05, 3.63) is 35.4 Å². The van der Waals surface area contributed by atoms with Gasteiger partial charge in [0.2, 0.25) is 0 Å². The molecular formula is C18H27N3O. The van der Waals surface area contributed by atoms with Crippen molar-refractivity contribution in [3.8, 4) is 0 Å². The zero-order valence-electron chi connectivity index (χ0n) is 14.1. The number of piperidine rings is 1. The number of benzene rings is 1. The fraction of sp³-hybridized carbons (Fsp3) is 0.556. The van der Waals surface area contributed by atoms with Crippen LogP contribution in [0.15, 0.2) is 29.4 Å². The average molecular weight is 301 g/mol. The number of hydrogen-bond acceptors (Lipinski definition) is 3. The molecule has 0 bridgehead atoms. The predicted octanol–water partition coefficient (Wildman–Crippen LogP) is 3.40. The SMILES string of the molecule is CC(C)c1ccc(C(=O)NN=C2CCN(C(C)C)CC2)cc1. The molecule has 120 valence electrons. The highest BCUT2D eigenvalue weighted by atomic mass is 16.2. The van der Waals surface area contributed by atoms with Crippen LogP contribution in [0.25, 0.3) is 0 Å². The molecule has 1 aliphatic rings. The van der Waals surface area contributed by atoms with Crippen LogP contribution < -0.4 is 5.43 Å². The van der Waals surface area contributed by atoms with Gasteiger partial charge in [-0.25, -0.2) is 5.43 Å². The molecule has 1 fully saturated rings. The summed E-state index contributed by atoms with van der Waals surface area (Å²) in [4.78, 5) is 14.5. The molecule has 1 saturated heterocycles. The molecule has 0 unspecified atom stereocenters. The monoisotopic (exact) mass is 301 g/mol. The van der Waals surface area contributed by atoms with Gasteiger partial charge in [0.15, 0.2) is 0 Å². The van der Waals surface area contributed by atoms with Crippen molar-refractivity contribution in [2.24, 2.45) is 5.10 Å². The van der Waals surface area contributed by atoms with Gasteiger partial charge in [-0.15, -0.1) is 0 Å². The van der Waals surface area contributed by atoms with Gasteiger partial charge in [-0.1, -0.05) is 26.0 Å². The molecule has 1 heterocycles. The number of carbonyl (C=O) groups is 1. The van der Waals surface area contributed by atoms with Crippen LogP contribution in [-0.2, 0) is 0 Å². The molecule has 1 N–H and O–H groups in total. The number of likely N-dealkylation sites (tertiary alicyclic amines) is 1. The van der Waals surface area contributed by atoms with E-state index < -0.39 is 0 Å². The summed E-state index contributed by atoms with van der Waals surface area (Å²) in [6, 6.07) is 8.33. The van der Waals surface area contributed by atoms with E-state index in [2.05, 4.69) is 43.1 Å². The van der Waals surface area contributed by atoms with Crippen LogP contribution >= 0.6 is 0 Å². The fourth-order valence-electron chi connectivity index (χ4n) is 2.62. The maximum atomic E-state index is 12.1. The molecule has 0 saturated carbocycles. The van der Waals surface area contributed by atoms with Crippen molar-refractivity contribution in [1.82, 2.24) is 10.3 Å². The summed E-state index contributed by atoms with van der Waals surface area (Å²) < 4.78 is 0. The van der Waals surface area contributed by atoms with E-state index in [-0.39, 0.29) is 5.91 Å². The average Bonchev–Trinajstić information content (AvgIpc) is 2.53. The number of carbonyl (C=O) groups excluding carboxylic acids is 1. The lowest BCUT2D eigenvalue weighted by atomic mass is 10.0. The van der Waals surface area contributed by atoms with Gasteiger partial charge in [0, 0.05) is 43.2 Å². The third-order valence-electron chi connectivity index (χ3n) is 4.26. The van der Waals surface area contributed by atoms with Crippen molar-refractivity contribution in [1.29, 1.82) is 0 Å². The Kier molecular flexibility index (Phi) is 5.72. The smallest absolute Gasteiger partial charge is 0.271 e. The first-order chi connectivity index (χ1) is 10.5. The van der Waals surface area contributed by atoms with Crippen molar-refractivity contribution < 1.29 is 4.79 Å².